The van der Waals surface area contributed by atoms with E-state index in [0.29, 0.717) is 25.1 Å². The summed E-state index contributed by atoms with van der Waals surface area (Å²) in [4.78, 5) is 29.2. The van der Waals surface area contributed by atoms with Crippen LogP contribution in [0.3, 0.4) is 0 Å². The van der Waals surface area contributed by atoms with Gasteiger partial charge in [0.1, 0.15) is 11.3 Å². The van der Waals surface area contributed by atoms with Crippen LogP contribution in [0.25, 0.3) is 0 Å². The number of aldehydes is 1. The van der Waals surface area contributed by atoms with Crippen LogP contribution in [0.5, 0.6) is 0 Å². The molecule has 2 rings (SSSR count). The average Bonchev–Trinajstić information content (AvgIpc) is 2.72. The van der Waals surface area contributed by atoms with E-state index in [0.717, 1.165) is 0 Å². The van der Waals surface area contributed by atoms with Crippen molar-refractivity contribution in [3.63, 3.8) is 0 Å². The fourth-order valence-corrected chi connectivity index (χ4v) is 1.95. The second-order valence-corrected chi connectivity index (χ2v) is 5.27. The van der Waals surface area contributed by atoms with Crippen molar-refractivity contribution in [2.75, 3.05) is 13.1 Å². The van der Waals surface area contributed by atoms with Crippen molar-refractivity contribution in [2.45, 2.75) is 32.5 Å². The lowest BCUT2D eigenvalue weighted by molar-refractivity contribution is -0.102. The Bertz CT molecular complexity index is 372. The van der Waals surface area contributed by atoms with Crippen molar-refractivity contribution < 1.29 is 19.2 Å². The molecule has 0 aromatic heterocycles. The molecule has 0 unspecified atom stereocenters. The van der Waals surface area contributed by atoms with Crippen LogP contribution in [-0.2, 0) is 14.4 Å². The minimum absolute atomic E-state index is 0.111. The summed E-state index contributed by atoms with van der Waals surface area (Å²) in [5.74, 6) is -0.111. The molecule has 0 bridgehead atoms. The first-order valence-electron chi connectivity index (χ1n) is 5.57. The van der Waals surface area contributed by atoms with Gasteiger partial charge in [0.05, 0.1) is 12.5 Å². The summed E-state index contributed by atoms with van der Waals surface area (Å²) >= 11 is 0. The Kier molecular flexibility index (Phi) is 2.81. The number of oxime groups is 1. The second-order valence-electron chi connectivity index (χ2n) is 5.27. The van der Waals surface area contributed by atoms with Gasteiger partial charge in [-0.05, 0) is 20.8 Å². The first-order chi connectivity index (χ1) is 7.90. The number of rotatable bonds is 1. The van der Waals surface area contributed by atoms with Gasteiger partial charge in [0.2, 0.25) is 0 Å². The van der Waals surface area contributed by atoms with Crippen molar-refractivity contribution in [2.24, 2.45) is 11.1 Å². The van der Waals surface area contributed by atoms with E-state index in [1.54, 1.807) is 4.90 Å². The Hall–Kier alpha value is -1.59. The third-order valence-corrected chi connectivity index (χ3v) is 2.71. The quantitative estimate of drug-likeness (QED) is 0.636. The molecule has 17 heavy (non-hydrogen) atoms. The van der Waals surface area contributed by atoms with Gasteiger partial charge in [0.25, 0.3) is 0 Å². The van der Waals surface area contributed by atoms with E-state index in [-0.39, 0.29) is 18.1 Å². The summed E-state index contributed by atoms with van der Waals surface area (Å²) < 4.78 is 5.26. The van der Waals surface area contributed by atoms with Gasteiger partial charge in [-0.25, -0.2) is 4.79 Å². The molecule has 94 valence electrons. The maximum atomic E-state index is 11.8. The van der Waals surface area contributed by atoms with Crippen LogP contribution in [0, 0.1) is 5.92 Å². The Labute approximate surface area is 99.5 Å². The van der Waals surface area contributed by atoms with Gasteiger partial charge >= 0.3 is 6.09 Å². The molecule has 0 aromatic rings. The molecule has 6 nitrogen and oxygen atoms in total. The molecule has 1 amide bonds. The smallest absolute Gasteiger partial charge is 0.410 e. The first kappa shape index (κ1) is 11.9. The van der Waals surface area contributed by atoms with Crippen LogP contribution in [0.1, 0.15) is 20.8 Å². The summed E-state index contributed by atoms with van der Waals surface area (Å²) in [5.41, 5.74) is -0.141. The van der Waals surface area contributed by atoms with Crippen molar-refractivity contribution in [3.05, 3.63) is 0 Å². The summed E-state index contributed by atoms with van der Waals surface area (Å²) in [6.07, 6.45) is 0.104. The topological polar surface area (TPSA) is 68.2 Å². The number of hydrogen-bond acceptors (Lipinski definition) is 5. The average molecular weight is 240 g/mol. The van der Waals surface area contributed by atoms with E-state index >= 15 is 0 Å². The molecule has 2 heterocycles. The van der Waals surface area contributed by atoms with Crippen LogP contribution in [-0.4, -0.2) is 47.8 Å². The summed E-state index contributed by atoms with van der Waals surface area (Å²) in [7, 11) is 0. The molecule has 0 radical (unpaired) electrons. The van der Waals surface area contributed by atoms with Crippen LogP contribution < -0.4 is 0 Å². The number of carbonyl (C=O) groups excluding carboxylic acids is 2. The lowest BCUT2D eigenvalue weighted by atomic mass is 10.0. The highest BCUT2D eigenvalue weighted by atomic mass is 16.6. The lowest BCUT2D eigenvalue weighted by Crippen LogP contribution is -2.36. The zero-order valence-corrected chi connectivity index (χ0v) is 10.2. The minimum Gasteiger partial charge on any atom is -0.444 e. The van der Waals surface area contributed by atoms with Gasteiger partial charge in [0, 0.05) is 6.54 Å². The van der Waals surface area contributed by atoms with Crippen LogP contribution in [0.15, 0.2) is 5.16 Å². The molecule has 0 N–H and O–H groups in total. The number of carbonyl (C=O) groups is 2. The predicted octanol–water partition coefficient (Wildman–Crippen LogP) is 0.807. The van der Waals surface area contributed by atoms with Crippen molar-refractivity contribution in [3.8, 4) is 0 Å². The van der Waals surface area contributed by atoms with Gasteiger partial charge in [-0.2, -0.15) is 0 Å². The van der Waals surface area contributed by atoms with E-state index in [4.69, 9.17) is 9.57 Å². The minimum atomic E-state index is -0.517. The molecule has 0 spiro atoms. The Balaban J connectivity index is 1.97. The zero-order chi connectivity index (χ0) is 12.6. The van der Waals surface area contributed by atoms with Crippen LogP contribution in [0.4, 0.5) is 4.79 Å². The third-order valence-electron chi connectivity index (χ3n) is 2.71. The number of fused-ring (bicyclic) bond motifs is 1. The van der Waals surface area contributed by atoms with Crippen LogP contribution in [0.2, 0.25) is 0 Å². The number of nitrogens with zero attached hydrogens (tertiary/aromatic N) is 2. The van der Waals surface area contributed by atoms with Gasteiger partial charge in [0.15, 0.2) is 12.4 Å². The van der Waals surface area contributed by atoms with E-state index in [9.17, 15) is 9.59 Å². The molecule has 2 atom stereocenters. The standard InChI is InChI=1S/C11H16N2O4/c1-11(2,3)16-10(15)13-4-7-8(6-14)12-17-9(7)5-13/h6-7,9H,4-5H2,1-3H3/t7-,9-/m0/s1. The number of ether oxygens (including phenoxy) is 1. The first-order valence-corrected chi connectivity index (χ1v) is 5.57. The number of likely N-dealkylation sites (tertiary alicyclic amines) is 1. The van der Waals surface area contributed by atoms with Gasteiger partial charge < -0.3 is 14.5 Å². The lowest BCUT2D eigenvalue weighted by Gasteiger charge is -2.24. The summed E-state index contributed by atoms with van der Waals surface area (Å²) in [6.45, 7) is 6.29. The number of hydrogen-bond donors (Lipinski definition) is 0. The van der Waals surface area contributed by atoms with Crippen molar-refractivity contribution in [1.29, 1.82) is 0 Å². The summed E-state index contributed by atoms with van der Waals surface area (Å²) in [6, 6.07) is 0. The molecule has 6 heteroatoms. The molecule has 0 saturated carbocycles. The van der Waals surface area contributed by atoms with E-state index in [2.05, 4.69) is 5.16 Å². The molecule has 0 aromatic carbocycles. The molecule has 2 aliphatic rings. The van der Waals surface area contributed by atoms with Crippen LogP contribution >= 0.6 is 0 Å². The molecule has 2 aliphatic heterocycles. The van der Waals surface area contributed by atoms with E-state index in [1.165, 1.54) is 0 Å². The molecule has 1 saturated heterocycles. The van der Waals surface area contributed by atoms with Gasteiger partial charge in [-0.3, -0.25) is 4.79 Å². The SMILES string of the molecule is CC(C)(C)OC(=O)N1C[C@@H]2ON=C(C=O)[C@@H]2C1. The largest absolute Gasteiger partial charge is 0.444 e. The molecular weight excluding hydrogens is 224 g/mol. The highest BCUT2D eigenvalue weighted by Gasteiger charge is 2.44. The van der Waals surface area contributed by atoms with Gasteiger partial charge in [-0.1, -0.05) is 5.16 Å². The van der Waals surface area contributed by atoms with Crippen molar-refractivity contribution >= 4 is 18.1 Å². The Morgan fingerprint density at radius 1 is 1.53 bits per heavy atom. The zero-order valence-electron chi connectivity index (χ0n) is 10.2. The highest BCUT2D eigenvalue weighted by molar-refractivity contribution is 6.29. The molecule has 0 aliphatic carbocycles. The fraction of sp³-hybridized carbons (Fsp3) is 0.727. The predicted molar refractivity (Wildman–Crippen MR) is 59.7 cm³/mol. The van der Waals surface area contributed by atoms with E-state index in [1.807, 2.05) is 20.8 Å². The Morgan fingerprint density at radius 2 is 2.24 bits per heavy atom. The number of amides is 1. The van der Waals surface area contributed by atoms with Crippen molar-refractivity contribution in [1.82, 2.24) is 4.90 Å². The monoisotopic (exact) mass is 240 g/mol. The third kappa shape index (κ3) is 2.40. The maximum Gasteiger partial charge on any atom is 0.410 e. The normalized spacial score (nSPS) is 27.2. The fourth-order valence-electron chi connectivity index (χ4n) is 1.95. The maximum absolute atomic E-state index is 11.8. The second kappa shape index (κ2) is 4.01. The molecule has 1 fully saturated rings. The molecular formula is C11H16N2O4. The van der Waals surface area contributed by atoms with Gasteiger partial charge in [-0.15, -0.1) is 0 Å². The highest BCUT2D eigenvalue weighted by Crippen LogP contribution is 2.27. The Morgan fingerprint density at radius 3 is 2.82 bits per heavy atom. The van der Waals surface area contributed by atoms with E-state index < -0.39 is 5.60 Å². The summed E-state index contributed by atoms with van der Waals surface area (Å²) in [5, 5.41) is 3.68.